The number of hydrogen-bond acceptors (Lipinski definition) is 0. The van der Waals surface area contributed by atoms with Gasteiger partial charge in [-0.15, -0.1) is 0 Å². The standard InChI is InChI=1S/C4H12N/c1-5(2,3)4/h1-4H3/q+1/i1+1,2+1,3+1. The van der Waals surface area contributed by atoms with Crippen molar-refractivity contribution in [3.8, 4) is 0 Å². The first-order valence-electron chi connectivity index (χ1n) is 1.79. The highest BCUT2D eigenvalue weighted by molar-refractivity contribution is 3.87. The highest BCUT2D eigenvalue weighted by Gasteiger charge is 1.88. The van der Waals surface area contributed by atoms with Crippen molar-refractivity contribution in [2.45, 2.75) is 0 Å². The lowest BCUT2D eigenvalue weighted by molar-refractivity contribution is -0.849. The van der Waals surface area contributed by atoms with Crippen molar-refractivity contribution in [2.75, 3.05) is 28.2 Å². The summed E-state index contributed by atoms with van der Waals surface area (Å²) < 4.78 is 1.00. The van der Waals surface area contributed by atoms with E-state index in [0.29, 0.717) is 0 Å². The lowest BCUT2D eigenvalue weighted by Gasteiger charge is -2.14. The van der Waals surface area contributed by atoms with Crippen molar-refractivity contribution in [3.63, 3.8) is 0 Å². The Morgan fingerprint density at radius 3 is 0.800 bits per heavy atom. The summed E-state index contributed by atoms with van der Waals surface area (Å²) in [6.07, 6.45) is 0. The monoisotopic (exact) mass is 77.1 g/mol. The fourth-order valence-corrected chi connectivity index (χ4v) is 0. The van der Waals surface area contributed by atoms with Crippen molar-refractivity contribution >= 4 is 0 Å². The number of nitrogens with zero attached hydrogens (tertiary/aromatic N) is 1. The molecule has 0 bridgehead atoms. The van der Waals surface area contributed by atoms with Crippen LogP contribution in [0.25, 0.3) is 0 Å². The predicted octanol–water partition coefficient (Wildman–Crippen LogP) is 0.322. The Kier molecular flexibility index (Phi) is 0.969. The summed E-state index contributed by atoms with van der Waals surface area (Å²) in [5.41, 5.74) is 0. The SMILES string of the molecule is C[N+]([13CH3])([13CH3])[13CH3]. The first-order valence-corrected chi connectivity index (χ1v) is 1.79. The van der Waals surface area contributed by atoms with Gasteiger partial charge in [0.2, 0.25) is 0 Å². The average molecular weight is 77.1 g/mol. The van der Waals surface area contributed by atoms with Gasteiger partial charge in [0.05, 0.1) is 28.2 Å². The Morgan fingerprint density at radius 1 is 0.800 bits per heavy atom. The molecule has 0 aliphatic carbocycles. The fraction of sp³-hybridized carbons (Fsp3) is 1.00. The zero-order valence-corrected chi connectivity index (χ0v) is 4.45. The molecule has 0 aromatic rings. The third kappa shape index (κ3) is 9510. The zero-order valence-electron chi connectivity index (χ0n) is 4.45. The molecule has 0 rings (SSSR count). The van der Waals surface area contributed by atoms with Crippen LogP contribution in [-0.2, 0) is 0 Å². The Labute approximate surface area is 33.8 Å². The minimum atomic E-state index is 1.00. The molecule has 0 radical (unpaired) electrons. The predicted molar refractivity (Wildman–Crippen MR) is 24.0 cm³/mol. The van der Waals surface area contributed by atoms with Crippen LogP contribution in [0.15, 0.2) is 0 Å². The highest BCUT2D eigenvalue weighted by atomic mass is 15.5. The van der Waals surface area contributed by atoms with Crippen LogP contribution in [0, 0.1) is 0 Å². The second-order valence-corrected chi connectivity index (χ2v) is 2.68. The Hall–Kier alpha value is -0.0400. The summed E-state index contributed by atoms with van der Waals surface area (Å²) >= 11 is 0. The summed E-state index contributed by atoms with van der Waals surface area (Å²) in [6.45, 7) is 0. The summed E-state index contributed by atoms with van der Waals surface area (Å²) in [5.74, 6) is 0. The summed E-state index contributed by atoms with van der Waals surface area (Å²) in [4.78, 5) is 0. The minimum Gasteiger partial charge on any atom is -0.333 e. The van der Waals surface area contributed by atoms with Crippen molar-refractivity contribution in [2.24, 2.45) is 0 Å². The number of quaternary nitrogens is 1. The Bertz CT molecular complexity index is 19.1. The highest BCUT2D eigenvalue weighted by Crippen LogP contribution is 1.73. The smallest absolute Gasteiger partial charge is 0.0675 e. The van der Waals surface area contributed by atoms with Crippen LogP contribution < -0.4 is 0 Å². The molecule has 0 saturated heterocycles. The van der Waals surface area contributed by atoms with Crippen LogP contribution in [0.2, 0.25) is 0 Å². The van der Waals surface area contributed by atoms with Gasteiger partial charge in [0.15, 0.2) is 0 Å². The molecule has 0 spiro atoms. The molecule has 0 atom stereocenters. The Balaban J connectivity index is 3.02. The van der Waals surface area contributed by atoms with E-state index in [9.17, 15) is 0 Å². The normalized spacial score (nSPS) is 12.0. The molecule has 0 aliphatic rings. The van der Waals surface area contributed by atoms with E-state index in [1.165, 1.54) is 0 Å². The van der Waals surface area contributed by atoms with Crippen LogP contribution >= 0.6 is 0 Å². The van der Waals surface area contributed by atoms with Crippen molar-refractivity contribution in [1.29, 1.82) is 0 Å². The van der Waals surface area contributed by atoms with Gasteiger partial charge in [-0.3, -0.25) is 0 Å². The van der Waals surface area contributed by atoms with Crippen molar-refractivity contribution < 1.29 is 4.48 Å². The molecule has 0 heterocycles. The quantitative estimate of drug-likeness (QED) is 0.288. The van der Waals surface area contributed by atoms with Gasteiger partial charge in [-0.2, -0.15) is 0 Å². The van der Waals surface area contributed by atoms with Gasteiger partial charge < -0.3 is 4.48 Å². The second kappa shape index (κ2) is 0.977. The molecule has 0 N–H and O–H groups in total. The molecular formula is C4H12N+. The van der Waals surface area contributed by atoms with Crippen molar-refractivity contribution in [3.05, 3.63) is 0 Å². The minimum absolute atomic E-state index is 1.00. The molecule has 0 amide bonds. The van der Waals surface area contributed by atoms with E-state index in [1.807, 2.05) is 0 Å². The van der Waals surface area contributed by atoms with Gasteiger partial charge in [-0.1, -0.05) is 0 Å². The summed E-state index contributed by atoms with van der Waals surface area (Å²) in [5, 5.41) is 0. The largest absolute Gasteiger partial charge is 0.333 e. The van der Waals surface area contributed by atoms with Gasteiger partial charge in [0.25, 0.3) is 0 Å². The van der Waals surface area contributed by atoms with Crippen LogP contribution in [-0.4, -0.2) is 32.7 Å². The first kappa shape index (κ1) is 4.96. The van der Waals surface area contributed by atoms with Crippen LogP contribution in [0.1, 0.15) is 0 Å². The van der Waals surface area contributed by atoms with E-state index in [1.54, 1.807) is 0 Å². The molecular weight excluding hydrogens is 65.0 g/mol. The first-order chi connectivity index (χ1) is 2.00. The third-order valence-electron chi connectivity index (χ3n) is 0. The second-order valence-electron chi connectivity index (χ2n) is 2.68. The fourth-order valence-electron chi connectivity index (χ4n) is 0. The number of rotatable bonds is 0. The molecule has 0 aromatic heterocycles. The lowest BCUT2D eigenvalue weighted by atomic mass is 11.2. The average Bonchev–Trinajstić information content (AvgIpc) is 0.722. The van der Waals surface area contributed by atoms with Gasteiger partial charge in [0.1, 0.15) is 0 Å². The molecule has 0 fully saturated rings. The van der Waals surface area contributed by atoms with Gasteiger partial charge in [-0.25, -0.2) is 0 Å². The van der Waals surface area contributed by atoms with Gasteiger partial charge in [0, 0.05) is 0 Å². The van der Waals surface area contributed by atoms with Crippen molar-refractivity contribution in [1.82, 2.24) is 0 Å². The van der Waals surface area contributed by atoms with E-state index >= 15 is 0 Å². The van der Waals surface area contributed by atoms with Crippen LogP contribution in [0.4, 0.5) is 0 Å². The van der Waals surface area contributed by atoms with E-state index in [0.717, 1.165) is 4.48 Å². The molecule has 5 heavy (non-hydrogen) atoms. The maximum atomic E-state index is 2.12. The summed E-state index contributed by atoms with van der Waals surface area (Å²) in [6, 6.07) is 0. The van der Waals surface area contributed by atoms with Gasteiger partial charge >= 0.3 is 0 Å². The summed E-state index contributed by atoms with van der Waals surface area (Å²) in [7, 11) is 8.50. The van der Waals surface area contributed by atoms with E-state index in [4.69, 9.17) is 0 Å². The van der Waals surface area contributed by atoms with Crippen LogP contribution in [0.5, 0.6) is 0 Å². The van der Waals surface area contributed by atoms with Crippen LogP contribution in [0.3, 0.4) is 0 Å². The van der Waals surface area contributed by atoms with E-state index in [-0.39, 0.29) is 0 Å². The maximum Gasteiger partial charge on any atom is 0.0675 e. The topological polar surface area (TPSA) is 0 Å². The molecule has 1 heteroatoms. The number of hydrogen-bond donors (Lipinski definition) is 0. The lowest BCUT2D eigenvalue weighted by Crippen LogP contribution is -2.27. The molecule has 1 nitrogen and oxygen atoms in total. The maximum absolute atomic E-state index is 2.12. The van der Waals surface area contributed by atoms with Gasteiger partial charge in [-0.05, 0) is 0 Å². The molecule has 0 aliphatic heterocycles. The molecule has 0 unspecified atom stereocenters. The molecule has 0 saturated carbocycles. The van der Waals surface area contributed by atoms with E-state index < -0.39 is 0 Å². The zero-order chi connectivity index (χ0) is 4.50. The third-order valence-corrected chi connectivity index (χ3v) is 0. The molecule has 32 valence electrons. The van der Waals surface area contributed by atoms with E-state index in [2.05, 4.69) is 28.2 Å². The Morgan fingerprint density at radius 2 is 0.800 bits per heavy atom. The molecule has 0 aromatic carbocycles.